The van der Waals surface area contributed by atoms with Crippen molar-refractivity contribution in [2.45, 2.75) is 13.0 Å². The number of rotatable bonds is 7. The third-order valence-corrected chi connectivity index (χ3v) is 3.67. The second-order valence-electron chi connectivity index (χ2n) is 5.38. The summed E-state index contributed by atoms with van der Waals surface area (Å²) in [6, 6.07) is 13.9. The number of carbonyl (C=O) groups is 1. The highest BCUT2D eigenvalue weighted by molar-refractivity contribution is 5.94. The molecular weight excluding hydrogens is 293 g/mol. The molecule has 0 aliphatic heterocycles. The maximum absolute atomic E-state index is 13.6. The van der Waals surface area contributed by atoms with Gasteiger partial charge in [-0.1, -0.05) is 24.3 Å². The number of halogens is 1. The van der Waals surface area contributed by atoms with Gasteiger partial charge in [0, 0.05) is 32.2 Å². The van der Waals surface area contributed by atoms with Crippen LogP contribution in [-0.4, -0.2) is 26.0 Å². The lowest BCUT2D eigenvalue weighted by Crippen LogP contribution is -2.28. The molecule has 0 aliphatic rings. The number of hydrogen-bond acceptors (Lipinski definition) is 3. The average Bonchev–Trinajstić information content (AvgIpc) is 2.58. The number of para-hydroxylation sites is 1. The van der Waals surface area contributed by atoms with Gasteiger partial charge in [-0.05, 0) is 36.2 Å². The summed E-state index contributed by atoms with van der Waals surface area (Å²) < 4.78 is 13.6. The molecular formula is C18H22FN3O. The minimum Gasteiger partial charge on any atom is -0.372 e. The van der Waals surface area contributed by atoms with Crippen LogP contribution in [0.15, 0.2) is 48.5 Å². The summed E-state index contributed by atoms with van der Waals surface area (Å²) in [6.45, 7) is 1.66. The van der Waals surface area contributed by atoms with Crippen molar-refractivity contribution in [1.29, 1.82) is 0 Å². The molecule has 122 valence electrons. The molecule has 0 fully saturated rings. The molecule has 0 aliphatic carbocycles. The Morgan fingerprint density at radius 2 is 1.87 bits per heavy atom. The van der Waals surface area contributed by atoms with Gasteiger partial charge in [0.1, 0.15) is 5.82 Å². The summed E-state index contributed by atoms with van der Waals surface area (Å²) in [5.74, 6) is -0.346. The van der Waals surface area contributed by atoms with E-state index in [9.17, 15) is 9.18 Å². The van der Waals surface area contributed by atoms with E-state index >= 15 is 0 Å². The minimum atomic E-state index is -0.237. The van der Waals surface area contributed by atoms with Crippen LogP contribution in [0, 0.1) is 5.82 Å². The Morgan fingerprint density at radius 3 is 2.52 bits per heavy atom. The van der Waals surface area contributed by atoms with Crippen LogP contribution in [0.3, 0.4) is 0 Å². The molecule has 2 aromatic carbocycles. The topological polar surface area (TPSA) is 58.4 Å². The van der Waals surface area contributed by atoms with Crippen LogP contribution >= 0.6 is 0 Å². The fourth-order valence-corrected chi connectivity index (χ4v) is 2.29. The third-order valence-electron chi connectivity index (χ3n) is 3.67. The van der Waals surface area contributed by atoms with E-state index in [1.54, 1.807) is 24.3 Å². The van der Waals surface area contributed by atoms with Crippen LogP contribution in [0.5, 0.6) is 0 Å². The summed E-state index contributed by atoms with van der Waals surface area (Å²) >= 11 is 0. The van der Waals surface area contributed by atoms with Gasteiger partial charge in [0.2, 0.25) is 0 Å². The highest BCUT2D eigenvalue weighted by atomic mass is 19.1. The number of amides is 1. The highest BCUT2D eigenvalue weighted by Gasteiger charge is 2.07. The van der Waals surface area contributed by atoms with E-state index < -0.39 is 0 Å². The third kappa shape index (κ3) is 4.79. The van der Waals surface area contributed by atoms with Gasteiger partial charge in [0.05, 0.1) is 5.69 Å². The molecule has 2 rings (SSSR count). The van der Waals surface area contributed by atoms with Crippen LogP contribution in [0.25, 0.3) is 0 Å². The molecule has 0 heterocycles. The first-order valence-electron chi connectivity index (χ1n) is 7.64. The number of hydrogen-bond donors (Lipinski definition) is 2. The standard InChI is InChI=1S/C18H22FN3O/c1-22(17-6-3-2-5-16(17)19)12-4-11-21-18(23)15-9-7-14(13-20)8-10-15/h2-3,5-10H,4,11-13,20H2,1H3,(H,21,23). The van der Waals surface area contributed by atoms with Crippen LogP contribution < -0.4 is 16.0 Å². The molecule has 0 atom stereocenters. The molecule has 4 nitrogen and oxygen atoms in total. The molecule has 0 bridgehead atoms. The Bertz CT molecular complexity index is 643. The van der Waals surface area contributed by atoms with Crippen LogP contribution in [0.1, 0.15) is 22.3 Å². The first-order chi connectivity index (χ1) is 11.1. The number of nitrogens with two attached hydrogens (primary N) is 1. The van der Waals surface area contributed by atoms with E-state index in [0.29, 0.717) is 30.9 Å². The SMILES string of the molecule is CN(CCCNC(=O)c1ccc(CN)cc1)c1ccccc1F. The first-order valence-corrected chi connectivity index (χ1v) is 7.64. The van der Waals surface area contributed by atoms with E-state index in [0.717, 1.165) is 12.0 Å². The van der Waals surface area contributed by atoms with Crippen LogP contribution in [-0.2, 0) is 6.54 Å². The summed E-state index contributed by atoms with van der Waals surface area (Å²) in [5.41, 5.74) is 7.70. The molecule has 0 spiro atoms. The monoisotopic (exact) mass is 315 g/mol. The van der Waals surface area contributed by atoms with E-state index in [4.69, 9.17) is 5.73 Å². The smallest absolute Gasteiger partial charge is 0.251 e. The molecule has 23 heavy (non-hydrogen) atoms. The minimum absolute atomic E-state index is 0.109. The maximum atomic E-state index is 13.6. The van der Waals surface area contributed by atoms with Gasteiger partial charge < -0.3 is 16.0 Å². The van der Waals surface area contributed by atoms with Gasteiger partial charge in [-0.15, -0.1) is 0 Å². The Labute approximate surface area is 136 Å². The van der Waals surface area contributed by atoms with Gasteiger partial charge in [-0.2, -0.15) is 0 Å². The lowest BCUT2D eigenvalue weighted by molar-refractivity contribution is 0.0953. The lowest BCUT2D eigenvalue weighted by atomic mass is 10.1. The van der Waals surface area contributed by atoms with E-state index in [1.807, 2.05) is 30.1 Å². The van der Waals surface area contributed by atoms with Crippen molar-refractivity contribution in [3.63, 3.8) is 0 Å². The predicted molar refractivity (Wildman–Crippen MR) is 91.0 cm³/mol. The van der Waals surface area contributed by atoms with Gasteiger partial charge in [-0.3, -0.25) is 4.79 Å². The molecule has 5 heteroatoms. The Morgan fingerprint density at radius 1 is 1.17 bits per heavy atom. The zero-order valence-corrected chi connectivity index (χ0v) is 13.3. The molecule has 0 saturated heterocycles. The van der Waals surface area contributed by atoms with Crippen LogP contribution in [0.2, 0.25) is 0 Å². The number of anilines is 1. The van der Waals surface area contributed by atoms with Gasteiger partial charge >= 0.3 is 0 Å². The number of nitrogens with zero attached hydrogens (tertiary/aromatic N) is 1. The molecule has 0 saturated carbocycles. The van der Waals surface area contributed by atoms with E-state index in [2.05, 4.69) is 5.32 Å². The fourth-order valence-electron chi connectivity index (χ4n) is 2.29. The van der Waals surface area contributed by atoms with Gasteiger partial charge in [-0.25, -0.2) is 4.39 Å². The Kier molecular flexibility index (Phi) is 6.11. The molecule has 0 aromatic heterocycles. The quantitative estimate of drug-likeness (QED) is 0.772. The van der Waals surface area contributed by atoms with E-state index in [1.165, 1.54) is 6.07 Å². The largest absolute Gasteiger partial charge is 0.372 e. The number of benzene rings is 2. The second kappa shape index (κ2) is 8.29. The van der Waals surface area contributed by atoms with Gasteiger partial charge in [0.25, 0.3) is 5.91 Å². The molecule has 0 radical (unpaired) electrons. The number of nitrogens with one attached hydrogen (secondary N) is 1. The zero-order valence-electron chi connectivity index (χ0n) is 13.3. The first kappa shape index (κ1) is 17.0. The Balaban J connectivity index is 1.76. The normalized spacial score (nSPS) is 10.4. The second-order valence-corrected chi connectivity index (χ2v) is 5.38. The summed E-state index contributed by atoms with van der Waals surface area (Å²) in [4.78, 5) is 13.8. The van der Waals surface area contributed by atoms with Gasteiger partial charge in [0.15, 0.2) is 0 Å². The van der Waals surface area contributed by atoms with Crippen molar-refractivity contribution in [2.75, 3.05) is 25.0 Å². The van der Waals surface area contributed by atoms with Crippen molar-refractivity contribution >= 4 is 11.6 Å². The summed E-state index contributed by atoms with van der Waals surface area (Å²) in [5, 5.41) is 2.87. The molecule has 0 unspecified atom stereocenters. The fraction of sp³-hybridized carbons (Fsp3) is 0.278. The van der Waals surface area contributed by atoms with Crippen molar-refractivity contribution in [3.05, 3.63) is 65.5 Å². The Hall–Kier alpha value is -2.40. The summed E-state index contributed by atoms with van der Waals surface area (Å²) in [7, 11) is 1.84. The molecule has 2 aromatic rings. The van der Waals surface area contributed by atoms with Crippen molar-refractivity contribution in [1.82, 2.24) is 5.32 Å². The highest BCUT2D eigenvalue weighted by Crippen LogP contribution is 2.16. The molecule has 3 N–H and O–H groups in total. The average molecular weight is 315 g/mol. The number of carbonyl (C=O) groups excluding carboxylic acids is 1. The maximum Gasteiger partial charge on any atom is 0.251 e. The van der Waals surface area contributed by atoms with Crippen LogP contribution in [0.4, 0.5) is 10.1 Å². The lowest BCUT2D eigenvalue weighted by Gasteiger charge is -2.19. The van der Waals surface area contributed by atoms with Crippen molar-refractivity contribution < 1.29 is 9.18 Å². The van der Waals surface area contributed by atoms with E-state index in [-0.39, 0.29) is 11.7 Å². The van der Waals surface area contributed by atoms with Crippen molar-refractivity contribution in [3.8, 4) is 0 Å². The summed E-state index contributed by atoms with van der Waals surface area (Å²) in [6.07, 6.45) is 0.734. The van der Waals surface area contributed by atoms with Crippen molar-refractivity contribution in [2.24, 2.45) is 5.73 Å². The molecule has 1 amide bonds. The zero-order chi connectivity index (χ0) is 16.7. The predicted octanol–water partition coefficient (Wildman–Crippen LogP) is 2.54.